The molecule has 2 amide bonds. The molecule has 1 aliphatic carbocycles. The molecule has 0 spiro atoms. The van der Waals surface area contributed by atoms with Gasteiger partial charge in [0.25, 0.3) is 5.91 Å². The summed E-state index contributed by atoms with van der Waals surface area (Å²) in [6.45, 7) is 0.780. The Kier molecular flexibility index (Phi) is 7.13. The van der Waals surface area contributed by atoms with Crippen molar-refractivity contribution in [3.8, 4) is 5.75 Å². The van der Waals surface area contributed by atoms with Gasteiger partial charge in [0.1, 0.15) is 10.6 Å². The van der Waals surface area contributed by atoms with Crippen molar-refractivity contribution in [3.63, 3.8) is 0 Å². The van der Waals surface area contributed by atoms with E-state index in [1.54, 1.807) is 0 Å². The lowest BCUT2D eigenvalue weighted by Gasteiger charge is -2.22. The quantitative estimate of drug-likeness (QED) is 0.694. The molecule has 8 nitrogen and oxygen atoms in total. The summed E-state index contributed by atoms with van der Waals surface area (Å²) in [4.78, 5) is 24.6. The number of nitrogens with zero attached hydrogens (tertiary/aromatic N) is 1. The second-order valence-electron chi connectivity index (χ2n) is 7.56. The highest BCUT2D eigenvalue weighted by Gasteiger charge is 2.30. The molecule has 1 aliphatic heterocycles. The van der Waals surface area contributed by atoms with Gasteiger partial charge in [0.05, 0.1) is 13.7 Å². The lowest BCUT2D eigenvalue weighted by molar-refractivity contribution is -0.121. The first kappa shape index (κ1) is 21.6. The predicted molar refractivity (Wildman–Crippen MR) is 108 cm³/mol. The van der Waals surface area contributed by atoms with Crippen molar-refractivity contribution in [2.24, 2.45) is 0 Å². The first-order valence-electron chi connectivity index (χ1n) is 10.2. The standard InChI is InChI=1S/C20H29N3O5S/c1-28-17-10-9-15(13-18(17)29(26,27)23-11-5-6-12-23)20(25)21-14-19(24)22-16-7-3-2-4-8-16/h9-10,13,16H,2-8,11-12,14H2,1H3,(H,21,25)(H,22,24). The van der Waals surface area contributed by atoms with E-state index in [4.69, 9.17) is 4.74 Å². The number of rotatable bonds is 7. The zero-order valence-corrected chi connectivity index (χ0v) is 17.6. The van der Waals surface area contributed by atoms with Crippen molar-refractivity contribution in [3.05, 3.63) is 23.8 Å². The molecule has 0 radical (unpaired) electrons. The molecule has 0 aromatic heterocycles. The van der Waals surface area contributed by atoms with E-state index in [1.165, 1.54) is 36.0 Å². The Hall–Kier alpha value is -2.13. The Bertz CT molecular complexity index is 844. The number of carbonyl (C=O) groups excluding carboxylic acids is 2. The first-order valence-corrected chi connectivity index (χ1v) is 11.6. The van der Waals surface area contributed by atoms with E-state index in [0.717, 1.165) is 38.5 Å². The van der Waals surface area contributed by atoms with Gasteiger partial charge in [-0.3, -0.25) is 9.59 Å². The molecule has 9 heteroatoms. The van der Waals surface area contributed by atoms with E-state index in [-0.39, 0.29) is 34.7 Å². The molecule has 1 heterocycles. The highest BCUT2D eigenvalue weighted by molar-refractivity contribution is 7.89. The maximum absolute atomic E-state index is 12.9. The number of sulfonamides is 1. The van der Waals surface area contributed by atoms with E-state index >= 15 is 0 Å². The van der Waals surface area contributed by atoms with Crippen LogP contribution in [0.1, 0.15) is 55.3 Å². The SMILES string of the molecule is COc1ccc(C(=O)NCC(=O)NC2CCCCC2)cc1S(=O)(=O)N1CCCC1. The fourth-order valence-corrected chi connectivity index (χ4v) is 5.57. The molecular formula is C20H29N3O5S. The number of hydrogen-bond donors (Lipinski definition) is 2. The molecule has 1 saturated carbocycles. The van der Waals surface area contributed by atoms with E-state index in [2.05, 4.69) is 10.6 Å². The fraction of sp³-hybridized carbons (Fsp3) is 0.600. The van der Waals surface area contributed by atoms with Crippen LogP contribution in [0.3, 0.4) is 0 Å². The molecule has 29 heavy (non-hydrogen) atoms. The number of ether oxygens (including phenoxy) is 1. The molecule has 160 valence electrons. The van der Waals surface area contributed by atoms with Gasteiger partial charge < -0.3 is 15.4 Å². The third-order valence-electron chi connectivity index (χ3n) is 5.49. The van der Waals surface area contributed by atoms with Gasteiger partial charge in [0, 0.05) is 24.7 Å². The second-order valence-corrected chi connectivity index (χ2v) is 9.47. The summed E-state index contributed by atoms with van der Waals surface area (Å²) in [6, 6.07) is 4.46. The molecule has 2 fully saturated rings. The Morgan fingerprint density at radius 1 is 1.10 bits per heavy atom. The summed E-state index contributed by atoms with van der Waals surface area (Å²) < 4.78 is 32.5. The molecule has 1 aromatic rings. The molecule has 1 saturated heterocycles. The average Bonchev–Trinajstić information content (AvgIpc) is 3.28. The normalized spacial score (nSPS) is 18.4. The van der Waals surface area contributed by atoms with Gasteiger partial charge in [-0.05, 0) is 43.9 Å². The molecule has 0 bridgehead atoms. The number of hydrogen-bond acceptors (Lipinski definition) is 5. The monoisotopic (exact) mass is 423 g/mol. The Morgan fingerprint density at radius 2 is 1.79 bits per heavy atom. The smallest absolute Gasteiger partial charge is 0.251 e. The predicted octanol–water partition coefficient (Wildman–Crippen LogP) is 1.66. The van der Waals surface area contributed by atoms with Crippen molar-refractivity contribution >= 4 is 21.8 Å². The number of carbonyl (C=O) groups is 2. The van der Waals surface area contributed by atoms with Crippen LogP contribution in [0.2, 0.25) is 0 Å². The lowest BCUT2D eigenvalue weighted by Crippen LogP contribution is -2.42. The van der Waals surface area contributed by atoms with Crippen LogP contribution in [0.15, 0.2) is 23.1 Å². The van der Waals surface area contributed by atoms with E-state index in [0.29, 0.717) is 13.1 Å². The summed E-state index contributed by atoms with van der Waals surface area (Å²) in [5.74, 6) is -0.531. The van der Waals surface area contributed by atoms with Crippen LogP contribution in [0.25, 0.3) is 0 Å². The summed E-state index contributed by atoms with van der Waals surface area (Å²) in [5, 5.41) is 5.51. The van der Waals surface area contributed by atoms with Gasteiger partial charge >= 0.3 is 0 Å². The van der Waals surface area contributed by atoms with E-state index in [9.17, 15) is 18.0 Å². The lowest BCUT2D eigenvalue weighted by atomic mass is 9.95. The Morgan fingerprint density at radius 3 is 2.45 bits per heavy atom. The van der Waals surface area contributed by atoms with Crippen LogP contribution in [0.4, 0.5) is 0 Å². The molecule has 3 rings (SSSR count). The Labute approximate surface area is 172 Å². The minimum absolute atomic E-state index is 0.0267. The summed E-state index contributed by atoms with van der Waals surface area (Å²) in [5.41, 5.74) is 0.175. The summed E-state index contributed by atoms with van der Waals surface area (Å²) >= 11 is 0. The molecule has 2 N–H and O–H groups in total. The van der Waals surface area contributed by atoms with Gasteiger partial charge in [-0.15, -0.1) is 0 Å². The first-order chi connectivity index (χ1) is 13.9. The van der Waals surface area contributed by atoms with Crippen molar-refractivity contribution in [1.29, 1.82) is 0 Å². The summed E-state index contributed by atoms with van der Waals surface area (Å²) in [6.07, 6.45) is 6.99. The van der Waals surface area contributed by atoms with Crippen molar-refractivity contribution in [2.75, 3.05) is 26.7 Å². The van der Waals surface area contributed by atoms with Crippen LogP contribution in [-0.4, -0.2) is 57.3 Å². The topological polar surface area (TPSA) is 105 Å². The van der Waals surface area contributed by atoms with Gasteiger partial charge in [-0.1, -0.05) is 19.3 Å². The van der Waals surface area contributed by atoms with Crippen LogP contribution < -0.4 is 15.4 Å². The maximum atomic E-state index is 12.9. The number of amides is 2. The maximum Gasteiger partial charge on any atom is 0.251 e. The summed E-state index contributed by atoms with van der Waals surface area (Å²) in [7, 11) is -2.34. The third-order valence-corrected chi connectivity index (χ3v) is 7.41. The fourth-order valence-electron chi connectivity index (χ4n) is 3.88. The van der Waals surface area contributed by atoms with Crippen LogP contribution >= 0.6 is 0 Å². The zero-order chi connectivity index (χ0) is 20.9. The van der Waals surface area contributed by atoms with Crippen molar-refractivity contribution in [2.45, 2.75) is 55.9 Å². The van der Waals surface area contributed by atoms with Gasteiger partial charge in [0.2, 0.25) is 15.9 Å². The molecule has 1 aromatic carbocycles. The molecular weight excluding hydrogens is 394 g/mol. The highest BCUT2D eigenvalue weighted by atomic mass is 32.2. The Balaban J connectivity index is 1.66. The van der Waals surface area contributed by atoms with E-state index < -0.39 is 15.9 Å². The number of benzene rings is 1. The van der Waals surface area contributed by atoms with Crippen molar-refractivity contribution in [1.82, 2.24) is 14.9 Å². The number of nitrogens with one attached hydrogen (secondary N) is 2. The minimum Gasteiger partial charge on any atom is -0.495 e. The minimum atomic E-state index is -3.74. The van der Waals surface area contributed by atoms with Crippen molar-refractivity contribution < 1.29 is 22.7 Å². The molecule has 2 aliphatic rings. The number of methoxy groups -OCH3 is 1. The van der Waals surface area contributed by atoms with Gasteiger partial charge in [-0.25, -0.2) is 8.42 Å². The van der Waals surface area contributed by atoms with E-state index in [1.807, 2.05) is 0 Å². The second kappa shape index (κ2) is 9.58. The molecule has 0 unspecified atom stereocenters. The van der Waals surface area contributed by atoms with Crippen LogP contribution in [0, 0.1) is 0 Å². The largest absolute Gasteiger partial charge is 0.495 e. The average molecular weight is 424 g/mol. The van der Waals surface area contributed by atoms with Gasteiger partial charge in [0.15, 0.2) is 0 Å². The molecule has 0 atom stereocenters. The van der Waals surface area contributed by atoms with Crippen LogP contribution in [-0.2, 0) is 14.8 Å². The van der Waals surface area contributed by atoms with Crippen LogP contribution in [0.5, 0.6) is 5.75 Å². The van der Waals surface area contributed by atoms with Gasteiger partial charge in [-0.2, -0.15) is 4.31 Å². The zero-order valence-electron chi connectivity index (χ0n) is 16.8. The highest BCUT2D eigenvalue weighted by Crippen LogP contribution is 2.29. The third kappa shape index (κ3) is 5.27.